The molecular formula is C22H23N3O5S. The highest BCUT2D eigenvalue weighted by Crippen LogP contribution is 2.34. The summed E-state index contributed by atoms with van der Waals surface area (Å²) in [5, 5.41) is -0.525. The number of esters is 1. The highest BCUT2D eigenvalue weighted by molar-refractivity contribution is 8.18. The number of nitrogens with one attached hydrogen (secondary N) is 1. The molecule has 0 unspecified atom stereocenters. The maximum Gasteiger partial charge on any atom is 0.329 e. The van der Waals surface area contributed by atoms with Crippen LogP contribution < -0.4 is 5.43 Å². The summed E-state index contributed by atoms with van der Waals surface area (Å²) in [4.78, 5) is 50.7. The predicted molar refractivity (Wildman–Crippen MR) is 118 cm³/mol. The minimum absolute atomic E-state index is 0.163. The van der Waals surface area contributed by atoms with Crippen molar-refractivity contribution < 1.29 is 23.9 Å². The van der Waals surface area contributed by atoms with Crippen molar-refractivity contribution in [2.24, 2.45) is 0 Å². The molecule has 1 aromatic carbocycles. The SMILES string of the molecule is CCOC(=O)[C@H](C)N1C(=O)S/C(=C/c2cc(C)n(NC(=O)c3ccccc3)c2C)C1=O. The van der Waals surface area contributed by atoms with E-state index in [0.717, 1.165) is 22.4 Å². The summed E-state index contributed by atoms with van der Waals surface area (Å²) in [5.41, 5.74) is 5.49. The van der Waals surface area contributed by atoms with E-state index in [2.05, 4.69) is 5.43 Å². The first-order chi connectivity index (χ1) is 14.7. The number of amides is 3. The molecule has 1 aliphatic rings. The number of imide groups is 1. The Morgan fingerprint density at radius 1 is 1.19 bits per heavy atom. The second-order valence-electron chi connectivity index (χ2n) is 6.95. The van der Waals surface area contributed by atoms with Gasteiger partial charge in [-0.2, -0.15) is 0 Å². The fourth-order valence-electron chi connectivity index (χ4n) is 3.18. The number of nitrogens with zero attached hydrogens (tertiary/aromatic N) is 2. The van der Waals surface area contributed by atoms with Gasteiger partial charge in [0.25, 0.3) is 17.1 Å². The van der Waals surface area contributed by atoms with E-state index >= 15 is 0 Å². The van der Waals surface area contributed by atoms with Crippen LogP contribution in [0, 0.1) is 13.8 Å². The molecule has 1 atom stereocenters. The van der Waals surface area contributed by atoms with Crippen LogP contribution in [0.5, 0.6) is 0 Å². The summed E-state index contributed by atoms with van der Waals surface area (Å²) < 4.78 is 6.55. The zero-order valence-electron chi connectivity index (χ0n) is 17.7. The Bertz CT molecular complexity index is 1070. The predicted octanol–water partition coefficient (Wildman–Crippen LogP) is 3.48. The van der Waals surface area contributed by atoms with Crippen LogP contribution in [0.4, 0.5) is 4.79 Å². The molecule has 0 spiro atoms. The number of aryl methyl sites for hydroxylation is 1. The fourth-order valence-corrected chi connectivity index (χ4v) is 4.08. The highest BCUT2D eigenvalue weighted by Gasteiger charge is 2.41. The van der Waals surface area contributed by atoms with Gasteiger partial charge in [0.2, 0.25) is 0 Å². The van der Waals surface area contributed by atoms with Crippen LogP contribution in [0.25, 0.3) is 6.08 Å². The quantitative estimate of drug-likeness (QED) is 0.545. The minimum Gasteiger partial charge on any atom is -0.464 e. The van der Waals surface area contributed by atoms with Gasteiger partial charge in [-0.05, 0) is 69.3 Å². The van der Waals surface area contributed by atoms with Crippen molar-refractivity contribution >= 4 is 40.9 Å². The Morgan fingerprint density at radius 3 is 2.52 bits per heavy atom. The van der Waals surface area contributed by atoms with Crippen molar-refractivity contribution in [3.8, 4) is 0 Å². The molecule has 2 heterocycles. The number of hydrogen-bond acceptors (Lipinski definition) is 6. The molecular weight excluding hydrogens is 418 g/mol. The first-order valence-electron chi connectivity index (χ1n) is 9.73. The maximum atomic E-state index is 12.8. The van der Waals surface area contributed by atoms with Crippen LogP contribution in [-0.2, 0) is 14.3 Å². The Labute approximate surface area is 184 Å². The van der Waals surface area contributed by atoms with Crippen LogP contribution in [-0.4, -0.2) is 45.2 Å². The summed E-state index contributed by atoms with van der Waals surface area (Å²) in [6, 6.07) is 9.62. The first kappa shape index (κ1) is 22.4. The molecule has 2 aromatic rings. The molecule has 3 rings (SSSR count). The number of rotatable bonds is 6. The van der Waals surface area contributed by atoms with E-state index < -0.39 is 23.2 Å². The summed E-state index contributed by atoms with van der Waals surface area (Å²) in [6.07, 6.45) is 1.59. The molecule has 3 amide bonds. The second-order valence-corrected chi connectivity index (χ2v) is 7.94. The Hall–Kier alpha value is -3.33. The molecule has 1 aromatic heterocycles. The fraction of sp³-hybridized carbons (Fsp3) is 0.273. The van der Waals surface area contributed by atoms with Gasteiger partial charge in [-0.25, -0.2) is 4.79 Å². The van der Waals surface area contributed by atoms with Gasteiger partial charge < -0.3 is 4.74 Å². The van der Waals surface area contributed by atoms with Crippen molar-refractivity contribution in [3.05, 3.63) is 63.8 Å². The Kier molecular flexibility index (Phi) is 6.65. The van der Waals surface area contributed by atoms with Gasteiger partial charge in [0.05, 0.1) is 11.5 Å². The van der Waals surface area contributed by atoms with Gasteiger partial charge in [-0.3, -0.25) is 29.4 Å². The summed E-state index contributed by atoms with van der Waals surface area (Å²) in [6.45, 7) is 6.91. The number of hydrogen-bond donors (Lipinski definition) is 1. The maximum absolute atomic E-state index is 12.8. The molecule has 162 valence electrons. The molecule has 0 saturated carbocycles. The van der Waals surface area contributed by atoms with Crippen LogP contribution in [0.3, 0.4) is 0 Å². The Morgan fingerprint density at radius 2 is 1.87 bits per heavy atom. The van der Waals surface area contributed by atoms with E-state index in [1.807, 2.05) is 19.1 Å². The molecule has 1 fully saturated rings. The number of ether oxygens (including phenoxy) is 1. The molecule has 0 bridgehead atoms. The first-order valence-corrected chi connectivity index (χ1v) is 10.5. The summed E-state index contributed by atoms with van der Waals surface area (Å²) in [5.74, 6) is -1.45. The lowest BCUT2D eigenvalue weighted by Crippen LogP contribution is -2.42. The van der Waals surface area contributed by atoms with Gasteiger partial charge in [0.1, 0.15) is 6.04 Å². The van der Waals surface area contributed by atoms with E-state index in [0.29, 0.717) is 16.8 Å². The largest absolute Gasteiger partial charge is 0.464 e. The van der Waals surface area contributed by atoms with E-state index in [1.165, 1.54) is 6.92 Å². The monoisotopic (exact) mass is 441 g/mol. The molecule has 8 nitrogen and oxygen atoms in total. The number of aromatic nitrogens is 1. The number of thioether (sulfide) groups is 1. The van der Waals surface area contributed by atoms with Gasteiger partial charge in [0.15, 0.2) is 0 Å². The highest BCUT2D eigenvalue weighted by atomic mass is 32.2. The zero-order valence-corrected chi connectivity index (χ0v) is 18.5. The molecule has 1 N–H and O–H groups in total. The molecule has 1 aliphatic heterocycles. The van der Waals surface area contributed by atoms with E-state index in [9.17, 15) is 19.2 Å². The molecule has 1 saturated heterocycles. The molecule has 0 radical (unpaired) electrons. The van der Waals surface area contributed by atoms with Gasteiger partial charge in [0, 0.05) is 17.0 Å². The lowest BCUT2D eigenvalue weighted by Gasteiger charge is -2.19. The smallest absolute Gasteiger partial charge is 0.329 e. The zero-order chi connectivity index (χ0) is 22.7. The van der Waals surface area contributed by atoms with Gasteiger partial charge in [-0.15, -0.1) is 0 Å². The molecule has 31 heavy (non-hydrogen) atoms. The van der Waals surface area contributed by atoms with Crippen molar-refractivity contribution in [1.29, 1.82) is 0 Å². The second kappa shape index (κ2) is 9.22. The van der Waals surface area contributed by atoms with E-state index in [1.54, 1.807) is 48.9 Å². The Balaban J connectivity index is 1.83. The van der Waals surface area contributed by atoms with E-state index in [-0.39, 0.29) is 17.4 Å². The molecule has 9 heteroatoms. The van der Waals surface area contributed by atoms with Gasteiger partial charge in [-0.1, -0.05) is 18.2 Å². The third-order valence-corrected chi connectivity index (χ3v) is 5.73. The standard InChI is InChI=1S/C22H23N3O5S/c1-5-30-21(28)15(4)24-20(27)18(31-22(24)29)12-17-11-13(2)25(14(17)3)23-19(26)16-9-7-6-8-10-16/h6-12,15H,5H2,1-4H3,(H,23,26)/b18-12+/t15-/m0/s1. The summed E-state index contributed by atoms with van der Waals surface area (Å²) in [7, 11) is 0. The minimum atomic E-state index is -1.00. The van der Waals surface area contributed by atoms with Crippen molar-refractivity contribution in [2.45, 2.75) is 33.7 Å². The van der Waals surface area contributed by atoms with Crippen molar-refractivity contribution in [2.75, 3.05) is 12.0 Å². The normalized spacial score (nSPS) is 16.0. The van der Waals surface area contributed by atoms with Crippen molar-refractivity contribution in [1.82, 2.24) is 9.58 Å². The third kappa shape index (κ3) is 4.56. The summed E-state index contributed by atoms with van der Waals surface area (Å²) >= 11 is 0.769. The molecule has 0 aliphatic carbocycles. The number of benzene rings is 1. The van der Waals surface area contributed by atoms with Crippen LogP contribution in [0.2, 0.25) is 0 Å². The average Bonchev–Trinajstić information content (AvgIpc) is 3.17. The van der Waals surface area contributed by atoms with Gasteiger partial charge >= 0.3 is 5.97 Å². The lowest BCUT2D eigenvalue weighted by atomic mass is 10.2. The number of carbonyl (C=O) groups excluding carboxylic acids is 4. The van der Waals surface area contributed by atoms with Crippen molar-refractivity contribution in [3.63, 3.8) is 0 Å². The number of carbonyl (C=O) groups is 4. The lowest BCUT2D eigenvalue weighted by molar-refractivity contribution is -0.150. The van der Waals surface area contributed by atoms with E-state index in [4.69, 9.17) is 4.74 Å². The van der Waals surface area contributed by atoms with Crippen LogP contribution >= 0.6 is 11.8 Å². The average molecular weight is 442 g/mol. The van der Waals surface area contributed by atoms with Crippen LogP contribution in [0.1, 0.15) is 41.2 Å². The van der Waals surface area contributed by atoms with Crippen LogP contribution in [0.15, 0.2) is 41.3 Å². The third-order valence-electron chi connectivity index (χ3n) is 4.84. The topological polar surface area (TPSA) is 97.7 Å².